The molecule has 1 amide bonds. The number of carbonyl (C=O) groups is 1. The molecule has 6 heteroatoms. The van der Waals surface area contributed by atoms with Gasteiger partial charge in [-0.2, -0.15) is 0 Å². The summed E-state index contributed by atoms with van der Waals surface area (Å²) in [6.07, 6.45) is 1.53. The van der Waals surface area contributed by atoms with Crippen molar-refractivity contribution in [2.45, 2.75) is 6.54 Å². The molecule has 5 nitrogen and oxygen atoms in total. The Morgan fingerprint density at radius 1 is 1.12 bits per heavy atom. The number of carbonyl (C=O) groups excluding carboxylic acids is 1. The van der Waals surface area contributed by atoms with Gasteiger partial charge in [0.05, 0.1) is 12.8 Å². The molecule has 0 aliphatic carbocycles. The average Bonchev–Trinajstić information content (AvgIpc) is 2.68. The first-order valence-corrected chi connectivity index (χ1v) is 8.05. The van der Waals surface area contributed by atoms with Gasteiger partial charge in [-0.3, -0.25) is 4.79 Å². The lowest BCUT2D eigenvalue weighted by Gasteiger charge is -2.11. The number of pyridine rings is 1. The molecule has 0 aliphatic rings. The number of amides is 1. The van der Waals surface area contributed by atoms with E-state index in [4.69, 9.17) is 4.74 Å². The Balaban J connectivity index is 1.70. The van der Waals surface area contributed by atoms with E-state index < -0.39 is 0 Å². The lowest BCUT2D eigenvalue weighted by molar-refractivity contribution is 0.102. The van der Waals surface area contributed by atoms with Gasteiger partial charge in [0, 0.05) is 23.9 Å². The molecule has 0 aliphatic heterocycles. The molecule has 0 fully saturated rings. The van der Waals surface area contributed by atoms with Crippen molar-refractivity contribution in [2.75, 3.05) is 17.7 Å². The van der Waals surface area contributed by atoms with E-state index in [-0.39, 0.29) is 18.3 Å². The van der Waals surface area contributed by atoms with Crippen molar-refractivity contribution >= 4 is 17.4 Å². The highest BCUT2D eigenvalue weighted by atomic mass is 19.1. The number of halogens is 1. The molecule has 3 aromatic rings. The lowest BCUT2D eigenvalue weighted by atomic mass is 10.2. The third kappa shape index (κ3) is 4.16. The molecule has 2 N–H and O–H groups in total. The molecular weight excluding hydrogens is 333 g/mol. The lowest BCUT2D eigenvalue weighted by Crippen LogP contribution is -2.13. The van der Waals surface area contributed by atoms with Crippen LogP contribution in [0.5, 0.6) is 5.75 Å². The highest BCUT2D eigenvalue weighted by Gasteiger charge is 2.10. The van der Waals surface area contributed by atoms with Crippen molar-refractivity contribution in [3.63, 3.8) is 0 Å². The first kappa shape index (κ1) is 17.4. The Morgan fingerprint density at radius 3 is 2.69 bits per heavy atom. The number of methoxy groups -OCH3 is 1. The van der Waals surface area contributed by atoms with Gasteiger partial charge in [0.2, 0.25) is 0 Å². The standard InChI is InChI=1S/C20H18FN3O2/c1-26-18-9-5-4-8-17(18)24-20(25)14-10-11-22-19(12-14)23-13-15-6-2-3-7-16(15)21/h2-12H,13H2,1H3,(H,22,23)(H,24,25). The summed E-state index contributed by atoms with van der Waals surface area (Å²) >= 11 is 0. The van der Waals surface area contributed by atoms with Crippen LogP contribution in [0.1, 0.15) is 15.9 Å². The van der Waals surface area contributed by atoms with Crippen LogP contribution >= 0.6 is 0 Å². The van der Waals surface area contributed by atoms with Crippen LogP contribution < -0.4 is 15.4 Å². The fraction of sp³-hybridized carbons (Fsp3) is 0.100. The molecule has 0 spiro atoms. The zero-order valence-corrected chi connectivity index (χ0v) is 14.2. The number of anilines is 2. The molecule has 0 saturated heterocycles. The van der Waals surface area contributed by atoms with Crippen LogP contribution in [0, 0.1) is 5.82 Å². The van der Waals surface area contributed by atoms with E-state index in [1.165, 1.54) is 12.3 Å². The minimum Gasteiger partial charge on any atom is -0.495 e. The Labute approximate surface area is 150 Å². The van der Waals surface area contributed by atoms with Crippen LogP contribution in [0.2, 0.25) is 0 Å². The number of rotatable bonds is 6. The largest absolute Gasteiger partial charge is 0.495 e. The smallest absolute Gasteiger partial charge is 0.255 e. The molecule has 132 valence electrons. The number of ether oxygens (including phenoxy) is 1. The number of nitrogens with zero attached hydrogens (tertiary/aromatic N) is 1. The second kappa shape index (κ2) is 8.11. The van der Waals surface area contributed by atoms with Crippen LogP contribution in [0.15, 0.2) is 66.9 Å². The van der Waals surface area contributed by atoms with E-state index in [9.17, 15) is 9.18 Å². The van der Waals surface area contributed by atoms with Gasteiger partial charge >= 0.3 is 0 Å². The van der Waals surface area contributed by atoms with Gasteiger partial charge in [0.1, 0.15) is 17.4 Å². The van der Waals surface area contributed by atoms with Gasteiger partial charge < -0.3 is 15.4 Å². The molecule has 0 bridgehead atoms. The average molecular weight is 351 g/mol. The summed E-state index contributed by atoms with van der Waals surface area (Å²) in [5, 5.41) is 5.84. The summed E-state index contributed by atoms with van der Waals surface area (Å²) in [5.74, 6) is 0.490. The first-order valence-electron chi connectivity index (χ1n) is 8.05. The van der Waals surface area contributed by atoms with Gasteiger partial charge in [-0.1, -0.05) is 30.3 Å². The summed E-state index contributed by atoms with van der Waals surface area (Å²) < 4.78 is 18.9. The van der Waals surface area contributed by atoms with Crippen molar-refractivity contribution in [1.29, 1.82) is 0 Å². The van der Waals surface area contributed by atoms with Crippen molar-refractivity contribution in [3.05, 3.63) is 83.8 Å². The first-order chi connectivity index (χ1) is 12.7. The molecule has 0 saturated carbocycles. The fourth-order valence-corrected chi connectivity index (χ4v) is 2.44. The molecule has 3 rings (SSSR count). The van der Waals surface area contributed by atoms with Crippen molar-refractivity contribution in [2.24, 2.45) is 0 Å². The van der Waals surface area contributed by atoms with E-state index in [1.54, 1.807) is 49.6 Å². The maximum absolute atomic E-state index is 13.7. The van der Waals surface area contributed by atoms with E-state index in [1.807, 2.05) is 12.1 Å². The maximum Gasteiger partial charge on any atom is 0.255 e. The van der Waals surface area contributed by atoms with Crippen molar-refractivity contribution < 1.29 is 13.9 Å². The Bertz CT molecular complexity index is 915. The maximum atomic E-state index is 13.7. The Hall–Kier alpha value is -3.41. The van der Waals surface area contributed by atoms with Crippen molar-refractivity contribution in [1.82, 2.24) is 4.98 Å². The Morgan fingerprint density at radius 2 is 1.88 bits per heavy atom. The predicted octanol–water partition coefficient (Wildman–Crippen LogP) is 4.09. The van der Waals surface area contributed by atoms with Gasteiger partial charge in [-0.25, -0.2) is 9.37 Å². The number of benzene rings is 2. The van der Waals surface area contributed by atoms with Gasteiger partial charge in [-0.15, -0.1) is 0 Å². The third-order valence-electron chi connectivity index (χ3n) is 3.80. The van der Waals surface area contributed by atoms with E-state index in [2.05, 4.69) is 15.6 Å². The van der Waals surface area contributed by atoms with Gasteiger partial charge in [0.15, 0.2) is 0 Å². The summed E-state index contributed by atoms with van der Waals surface area (Å²) in [6, 6.07) is 16.9. The zero-order chi connectivity index (χ0) is 18.4. The number of aromatic nitrogens is 1. The Kier molecular flexibility index (Phi) is 5.43. The van der Waals surface area contributed by atoms with E-state index in [0.717, 1.165) is 0 Å². The quantitative estimate of drug-likeness (QED) is 0.702. The molecule has 2 aromatic carbocycles. The summed E-state index contributed by atoms with van der Waals surface area (Å²) in [7, 11) is 1.54. The van der Waals surface area contributed by atoms with Crippen molar-refractivity contribution in [3.8, 4) is 5.75 Å². The highest BCUT2D eigenvalue weighted by molar-refractivity contribution is 6.05. The number of para-hydroxylation sites is 2. The predicted molar refractivity (Wildman–Crippen MR) is 98.9 cm³/mol. The highest BCUT2D eigenvalue weighted by Crippen LogP contribution is 2.23. The minimum atomic E-state index is -0.287. The molecular formula is C20H18FN3O2. The molecule has 0 radical (unpaired) electrons. The van der Waals surface area contributed by atoms with Crippen LogP contribution in [-0.2, 0) is 6.54 Å². The molecule has 1 heterocycles. The number of hydrogen-bond acceptors (Lipinski definition) is 4. The number of nitrogens with one attached hydrogen (secondary N) is 2. The molecule has 26 heavy (non-hydrogen) atoms. The second-order valence-electron chi connectivity index (χ2n) is 5.53. The second-order valence-corrected chi connectivity index (χ2v) is 5.53. The SMILES string of the molecule is COc1ccccc1NC(=O)c1ccnc(NCc2ccccc2F)c1. The molecule has 0 atom stereocenters. The van der Waals surface area contributed by atoms with Crippen LogP contribution in [0.3, 0.4) is 0 Å². The van der Waals surface area contributed by atoms with E-state index >= 15 is 0 Å². The van der Waals surface area contributed by atoms with E-state index in [0.29, 0.717) is 28.4 Å². The van der Waals surface area contributed by atoms with Crippen LogP contribution in [0.25, 0.3) is 0 Å². The van der Waals surface area contributed by atoms with Crippen LogP contribution in [0.4, 0.5) is 15.9 Å². The fourth-order valence-electron chi connectivity index (χ4n) is 2.44. The van der Waals surface area contributed by atoms with Crippen LogP contribution in [-0.4, -0.2) is 18.0 Å². The van der Waals surface area contributed by atoms with Gasteiger partial charge in [0.25, 0.3) is 5.91 Å². The summed E-state index contributed by atoms with van der Waals surface area (Å²) in [5.41, 5.74) is 1.54. The zero-order valence-electron chi connectivity index (χ0n) is 14.2. The number of hydrogen-bond donors (Lipinski definition) is 2. The topological polar surface area (TPSA) is 63.2 Å². The van der Waals surface area contributed by atoms with Gasteiger partial charge in [-0.05, 0) is 30.3 Å². The monoisotopic (exact) mass is 351 g/mol. The molecule has 0 unspecified atom stereocenters. The normalized spacial score (nSPS) is 10.2. The molecule has 1 aromatic heterocycles. The third-order valence-corrected chi connectivity index (χ3v) is 3.80. The summed E-state index contributed by atoms with van der Waals surface area (Å²) in [4.78, 5) is 16.6. The summed E-state index contributed by atoms with van der Waals surface area (Å²) in [6.45, 7) is 0.275. The minimum absolute atomic E-state index is 0.275.